The molecule has 1 rings (SSSR count). The molecule has 17 heavy (non-hydrogen) atoms. The van der Waals surface area contributed by atoms with E-state index >= 15 is 0 Å². The van der Waals surface area contributed by atoms with E-state index in [9.17, 15) is 4.79 Å². The number of hydrogen-bond acceptors (Lipinski definition) is 3. The number of nitrogens with one attached hydrogen (secondary N) is 1. The number of amides is 1. The fraction of sp³-hybridized carbons (Fsp3) is 0.308. The van der Waals surface area contributed by atoms with Crippen molar-refractivity contribution in [1.82, 2.24) is 5.32 Å². The van der Waals surface area contributed by atoms with Crippen LogP contribution in [-0.2, 0) is 4.79 Å². The minimum Gasteiger partial charge on any atom is -0.397 e. The van der Waals surface area contributed by atoms with Gasteiger partial charge in [0, 0.05) is 13.5 Å². The van der Waals surface area contributed by atoms with Gasteiger partial charge in [-0.1, -0.05) is 12.2 Å². The third kappa shape index (κ3) is 4.18. The van der Waals surface area contributed by atoms with Crippen molar-refractivity contribution in [2.24, 2.45) is 0 Å². The summed E-state index contributed by atoms with van der Waals surface area (Å²) in [6.07, 6.45) is 4.77. The number of nitrogen functional groups attached to an aromatic ring is 2. The van der Waals surface area contributed by atoms with Gasteiger partial charge in [-0.05, 0) is 36.6 Å². The number of carbonyl (C=O) groups is 1. The summed E-state index contributed by atoms with van der Waals surface area (Å²) >= 11 is 0. The molecule has 1 aromatic rings. The SMILES string of the molecule is CC(=O)NCCC=Cc1cc(C)c(N)c(N)c1. The Morgan fingerprint density at radius 2 is 2.12 bits per heavy atom. The van der Waals surface area contributed by atoms with Gasteiger partial charge in [0.15, 0.2) is 0 Å². The summed E-state index contributed by atoms with van der Waals surface area (Å²) in [5.74, 6) is -0.00836. The van der Waals surface area contributed by atoms with E-state index in [4.69, 9.17) is 11.5 Å². The average Bonchev–Trinajstić information content (AvgIpc) is 2.25. The lowest BCUT2D eigenvalue weighted by atomic mass is 10.1. The molecule has 1 amide bonds. The van der Waals surface area contributed by atoms with Gasteiger partial charge < -0.3 is 16.8 Å². The number of carbonyl (C=O) groups excluding carboxylic acids is 1. The lowest BCUT2D eigenvalue weighted by Gasteiger charge is -2.05. The topological polar surface area (TPSA) is 81.1 Å². The zero-order valence-corrected chi connectivity index (χ0v) is 10.3. The molecular formula is C13H19N3O. The molecule has 0 aliphatic rings. The van der Waals surface area contributed by atoms with Gasteiger partial charge in [0.2, 0.25) is 5.91 Å². The van der Waals surface area contributed by atoms with Crippen molar-refractivity contribution in [3.8, 4) is 0 Å². The number of hydrogen-bond donors (Lipinski definition) is 3. The maximum atomic E-state index is 10.6. The molecule has 0 bridgehead atoms. The Labute approximate surface area is 102 Å². The maximum absolute atomic E-state index is 10.6. The Morgan fingerprint density at radius 1 is 1.41 bits per heavy atom. The molecule has 0 aliphatic heterocycles. The Morgan fingerprint density at radius 3 is 2.71 bits per heavy atom. The first-order valence-electron chi connectivity index (χ1n) is 5.57. The van der Waals surface area contributed by atoms with E-state index < -0.39 is 0 Å². The van der Waals surface area contributed by atoms with Gasteiger partial charge in [-0.2, -0.15) is 0 Å². The van der Waals surface area contributed by atoms with Gasteiger partial charge in [-0.15, -0.1) is 0 Å². The molecule has 0 aromatic heterocycles. The van der Waals surface area contributed by atoms with Crippen LogP contribution < -0.4 is 16.8 Å². The Bertz CT molecular complexity index is 415. The quantitative estimate of drug-likeness (QED) is 0.547. The molecule has 0 unspecified atom stereocenters. The van der Waals surface area contributed by atoms with Crippen LogP contribution in [0, 0.1) is 6.92 Å². The number of aryl methyl sites for hydroxylation is 1. The number of rotatable bonds is 4. The molecule has 0 spiro atoms. The maximum Gasteiger partial charge on any atom is 0.216 e. The van der Waals surface area contributed by atoms with Gasteiger partial charge in [0.25, 0.3) is 0 Å². The lowest BCUT2D eigenvalue weighted by molar-refractivity contribution is -0.118. The molecule has 4 nitrogen and oxygen atoms in total. The molecule has 0 heterocycles. The first-order valence-corrected chi connectivity index (χ1v) is 5.57. The Hall–Kier alpha value is -1.97. The second-order valence-electron chi connectivity index (χ2n) is 4.01. The van der Waals surface area contributed by atoms with E-state index in [1.54, 1.807) is 0 Å². The molecule has 1 aromatic carbocycles. The second-order valence-corrected chi connectivity index (χ2v) is 4.01. The van der Waals surface area contributed by atoms with Crippen LogP contribution in [0.5, 0.6) is 0 Å². The van der Waals surface area contributed by atoms with Gasteiger partial charge in [0.05, 0.1) is 11.4 Å². The normalized spacial score (nSPS) is 10.7. The smallest absolute Gasteiger partial charge is 0.216 e. The number of benzene rings is 1. The molecule has 92 valence electrons. The van der Waals surface area contributed by atoms with E-state index in [-0.39, 0.29) is 5.91 Å². The summed E-state index contributed by atoms with van der Waals surface area (Å²) in [5, 5.41) is 2.73. The van der Waals surface area contributed by atoms with Crippen molar-refractivity contribution < 1.29 is 4.79 Å². The monoisotopic (exact) mass is 233 g/mol. The zero-order chi connectivity index (χ0) is 12.8. The van der Waals surface area contributed by atoms with Crippen LogP contribution in [0.4, 0.5) is 11.4 Å². The lowest BCUT2D eigenvalue weighted by Crippen LogP contribution is -2.20. The summed E-state index contributed by atoms with van der Waals surface area (Å²) < 4.78 is 0. The second kappa shape index (κ2) is 5.94. The van der Waals surface area contributed by atoms with Crippen molar-refractivity contribution in [2.75, 3.05) is 18.0 Å². The van der Waals surface area contributed by atoms with Crippen LogP contribution in [0.25, 0.3) is 6.08 Å². The van der Waals surface area contributed by atoms with Gasteiger partial charge in [-0.3, -0.25) is 4.79 Å². The zero-order valence-electron chi connectivity index (χ0n) is 10.3. The number of nitrogens with two attached hydrogens (primary N) is 2. The van der Waals surface area contributed by atoms with Crippen molar-refractivity contribution in [3.63, 3.8) is 0 Å². The van der Waals surface area contributed by atoms with Gasteiger partial charge >= 0.3 is 0 Å². The summed E-state index contributed by atoms with van der Waals surface area (Å²) in [5.41, 5.74) is 14.8. The van der Waals surface area contributed by atoms with Gasteiger partial charge in [-0.25, -0.2) is 0 Å². The van der Waals surface area contributed by atoms with Gasteiger partial charge in [0.1, 0.15) is 0 Å². The first-order chi connectivity index (χ1) is 8.00. The largest absolute Gasteiger partial charge is 0.397 e. The standard InChI is InChI=1S/C13H19N3O/c1-9-7-11(8-12(14)13(9)15)5-3-4-6-16-10(2)17/h3,5,7-8H,4,6,14-15H2,1-2H3,(H,16,17). The molecule has 0 saturated carbocycles. The van der Waals surface area contributed by atoms with Crippen molar-refractivity contribution in [1.29, 1.82) is 0 Å². The molecule has 0 atom stereocenters. The molecule has 4 heteroatoms. The third-order valence-electron chi connectivity index (χ3n) is 2.44. The van der Waals surface area contributed by atoms with E-state index in [0.717, 1.165) is 17.5 Å². The van der Waals surface area contributed by atoms with E-state index in [2.05, 4.69) is 5.32 Å². The highest BCUT2D eigenvalue weighted by Crippen LogP contribution is 2.22. The number of anilines is 2. The summed E-state index contributed by atoms with van der Waals surface area (Å²) in [4.78, 5) is 10.6. The molecule has 0 aliphatic carbocycles. The molecule has 0 fully saturated rings. The minimum atomic E-state index is -0.00836. The summed E-state index contributed by atoms with van der Waals surface area (Å²) in [6.45, 7) is 4.09. The van der Waals surface area contributed by atoms with Crippen LogP contribution in [0.15, 0.2) is 18.2 Å². The Balaban J connectivity index is 2.57. The fourth-order valence-electron chi connectivity index (χ4n) is 1.50. The van der Waals surface area contributed by atoms with E-state index in [1.807, 2.05) is 31.2 Å². The van der Waals surface area contributed by atoms with Crippen LogP contribution in [0.1, 0.15) is 24.5 Å². The molecular weight excluding hydrogens is 214 g/mol. The Kier molecular flexibility index (Phi) is 4.57. The first kappa shape index (κ1) is 13.1. The highest BCUT2D eigenvalue weighted by Gasteiger charge is 1.99. The summed E-state index contributed by atoms with van der Waals surface area (Å²) in [7, 11) is 0. The predicted octanol–water partition coefficient (Wildman–Crippen LogP) is 1.70. The minimum absolute atomic E-state index is 0.00836. The summed E-state index contributed by atoms with van der Waals surface area (Å²) in [6, 6.07) is 3.83. The average molecular weight is 233 g/mol. The van der Waals surface area contributed by atoms with Crippen LogP contribution in [-0.4, -0.2) is 12.5 Å². The van der Waals surface area contributed by atoms with Crippen molar-refractivity contribution in [2.45, 2.75) is 20.3 Å². The van der Waals surface area contributed by atoms with E-state index in [0.29, 0.717) is 17.9 Å². The third-order valence-corrected chi connectivity index (χ3v) is 2.44. The molecule has 5 N–H and O–H groups in total. The van der Waals surface area contributed by atoms with Crippen molar-refractivity contribution in [3.05, 3.63) is 29.3 Å². The van der Waals surface area contributed by atoms with Crippen LogP contribution >= 0.6 is 0 Å². The van der Waals surface area contributed by atoms with E-state index in [1.165, 1.54) is 6.92 Å². The fourth-order valence-corrected chi connectivity index (χ4v) is 1.50. The predicted molar refractivity (Wildman–Crippen MR) is 72.3 cm³/mol. The molecule has 0 radical (unpaired) electrons. The molecule has 0 saturated heterocycles. The van der Waals surface area contributed by atoms with Crippen molar-refractivity contribution >= 4 is 23.4 Å². The highest BCUT2D eigenvalue weighted by molar-refractivity contribution is 5.73. The van der Waals surface area contributed by atoms with Crippen LogP contribution in [0.3, 0.4) is 0 Å². The highest BCUT2D eigenvalue weighted by atomic mass is 16.1. The van der Waals surface area contributed by atoms with Crippen LogP contribution in [0.2, 0.25) is 0 Å².